The zero-order chi connectivity index (χ0) is 23.6. The molecular formula is C25H20F3NO4. The van der Waals surface area contributed by atoms with Gasteiger partial charge in [0, 0.05) is 12.5 Å². The third kappa shape index (κ3) is 4.69. The summed E-state index contributed by atoms with van der Waals surface area (Å²) in [6.07, 6.45) is -5.31. The van der Waals surface area contributed by atoms with Crippen LogP contribution < -0.4 is 5.32 Å². The zero-order valence-electron chi connectivity index (χ0n) is 17.3. The fourth-order valence-electron chi connectivity index (χ4n) is 4.09. The Labute approximate surface area is 187 Å². The quantitative estimate of drug-likeness (QED) is 0.521. The number of amides is 1. The van der Waals surface area contributed by atoms with Crippen molar-refractivity contribution in [1.82, 2.24) is 5.32 Å². The van der Waals surface area contributed by atoms with E-state index in [1.165, 1.54) is 0 Å². The highest BCUT2D eigenvalue weighted by molar-refractivity contribution is 5.79. The van der Waals surface area contributed by atoms with Gasteiger partial charge in [0.2, 0.25) is 0 Å². The van der Waals surface area contributed by atoms with Crippen LogP contribution in [0.2, 0.25) is 0 Å². The second-order valence-corrected chi connectivity index (χ2v) is 7.72. The van der Waals surface area contributed by atoms with E-state index in [1.54, 1.807) is 0 Å². The van der Waals surface area contributed by atoms with Gasteiger partial charge in [0.05, 0.1) is 11.5 Å². The molecule has 8 heteroatoms. The Morgan fingerprint density at radius 1 is 0.909 bits per heavy atom. The number of benzene rings is 3. The predicted molar refractivity (Wildman–Crippen MR) is 115 cm³/mol. The van der Waals surface area contributed by atoms with E-state index in [2.05, 4.69) is 5.32 Å². The van der Waals surface area contributed by atoms with Crippen molar-refractivity contribution in [3.05, 3.63) is 95.1 Å². The summed E-state index contributed by atoms with van der Waals surface area (Å²) in [6.45, 7) is -0.255. The summed E-state index contributed by atoms with van der Waals surface area (Å²) in [6, 6.07) is 19.5. The van der Waals surface area contributed by atoms with Crippen LogP contribution >= 0.6 is 0 Å². The Hall–Kier alpha value is -3.81. The smallest absolute Gasteiger partial charge is 0.416 e. The Morgan fingerprint density at radius 2 is 1.45 bits per heavy atom. The number of alkyl halides is 3. The molecular weight excluding hydrogens is 435 g/mol. The topological polar surface area (TPSA) is 75.6 Å². The lowest BCUT2D eigenvalue weighted by Gasteiger charge is -2.17. The summed E-state index contributed by atoms with van der Waals surface area (Å²) < 4.78 is 43.6. The summed E-state index contributed by atoms with van der Waals surface area (Å²) in [7, 11) is 0. The third-order valence-corrected chi connectivity index (χ3v) is 5.73. The van der Waals surface area contributed by atoms with Gasteiger partial charge in [0.1, 0.15) is 6.61 Å². The lowest BCUT2D eigenvalue weighted by molar-refractivity contribution is -0.138. The number of alkyl carbamates (subject to hydrolysis) is 1. The number of hydrogen-bond donors (Lipinski definition) is 2. The van der Waals surface area contributed by atoms with Gasteiger partial charge in [-0.2, -0.15) is 13.2 Å². The van der Waals surface area contributed by atoms with Gasteiger partial charge in [-0.05, 0) is 39.9 Å². The normalized spacial score (nSPS) is 13.7. The summed E-state index contributed by atoms with van der Waals surface area (Å²) in [5.41, 5.74) is 3.51. The Bertz CT molecular complexity index is 1130. The van der Waals surface area contributed by atoms with E-state index in [4.69, 9.17) is 4.74 Å². The number of hydrogen-bond acceptors (Lipinski definition) is 3. The first-order valence-electron chi connectivity index (χ1n) is 10.2. The van der Waals surface area contributed by atoms with Crippen LogP contribution in [0.3, 0.4) is 0 Å². The molecule has 170 valence electrons. The Kier molecular flexibility index (Phi) is 6.09. The predicted octanol–water partition coefficient (Wildman–Crippen LogP) is 5.41. The lowest BCUT2D eigenvalue weighted by Crippen LogP contribution is -2.33. The molecule has 0 spiro atoms. The number of ether oxygens (including phenoxy) is 1. The highest BCUT2D eigenvalue weighted by Crippen LogP contribution is 2.44. The maximum absolute atomic E-state index is 12.7. The monoisotopic (exact) mass is 455 g/mol. The largest absolute Gasteiger partial charge is 0.481 e. The highest BCUT2D eigenvalue weighted by Gasteiger charge is 2.31. The van der Waals surface area contributed by atoms with Crippen molar-refractivity contribution in [2.24, 2.45) is 0 Å². The van der Waals surface area contributed by atoms with Crippen molar-refractivity contribution < 1.29 is 32.6 Å². The standard InChI is InChI=1S/C25H20F3NO4/c26-25(27,28)16-11-9-15(10-12-16)21(23(30)31)13-29-24(32)33-14-22-19-7-3-1-5-17(19)18-6-2-4-8-20(18)22/h1-12,21-22H,13-14H2,(H,29,32)(H,30,31). The Morgan fingerprint density at radius 3 is 1.97 bits per heavy atom. The molecule has 3 aromatic rings. The van der Waals surface area contributed by atoms with E-state index >= 15 is 0 Å². The molecule has 1 aliphatic rings. The Balaban J connectivity index is 1.39. The highest BCUT2D eigenvalue weighted by atomic mass is 19.4. The molecule has 0 aliphatic heterocycles. The molecule has 1 unspecified atom stereocenters. The van der Waals surface area contributed by atoms with E-state index in [9.17, 15) is 27.9 Å². The fourth-order valence-corrected chi connectivity index (χ4v) is 4.09. The fraction of sp³-hybridized carbons (Fsp3) is 0.200. The van der Waals surface area contributed by atoms with Crippen LogP contribution in [0, 0.1) is 0 Å². The maximum atomic E-state index is 12.7. The van der Waals surface area contributed by atoms with Gasteiger partial charge in [-0.3, -0.25) is 4.79 Å². The number of carboxylic acid groups (broad SMARTS) is 1. The molecule has 0 saturated carbocycles. The summed E-state index contributed by atoms with van der Waals surface area (Å²) >= 11 is 0. The van der Waals surface area contributed by atoms with Gasteiger partial charge in [-0.25, -0.2) is 4.79 Å². The van der Waals surface area contributed by atoms with E-state index in [0.717, 1.165) is 46.5 Å². The second kappa shape index (κ2) is 8.97. The molecule has 4 rings (SSSR count). The number of halogens is 3. The molecule has 0 heterocycles. The SMILES string of the molecule is O=C(NCC(C(=O)O)c1ccc(C(F)(F)F)cc1)OCC1c2ccccc2-c2ccccc21. The van der Waals surface area contributed by atoms with Crippen molar-refractivity contribution in [2.45, 2.75) is 18.0 Å². The van der Waals surface area contributed by atoms with Crippen LogP contribution in [0.15, 0.2) is 72.8 Å². The van der Waals surface area contributed by atoms with Gasteiger partial charge in [0.15, 0.2) is 0 Å². The van der Waals surface area contributed by atoms with Crippen molar-refractivity contribution in [1.29, 1.82) is 0 Å². The summed E-state index contributed by atoms with van der Waals surface area (Å²) in [5, 5.41) is 11.9. The number of nitrogens with one attached hydrogen (secondary N) is 1. The molecule has 0 aromatic heterocycles. The number of carbonyl (C=O) groups is 2. The summed E-state index contributed by atoms with van der Waals surface area (Å²) in [5.74, 6) is -2.63. The van der Waals surface area contributed by atoms with Crippen molar-refractivity contribution in [3.63, 3.8) is 0 Å². The van der Waals surface area contributed by atoms with Crippen LogP contribution in [-0.2, 0) is 15.7 Å². The lowest BCUT2D eigenvalue weighted by atomic mass is 9.98. The number of carboxylic acids is 1. The van der Waals surface area contributed by atoms with Crippen LogP contribution in [-0.4, -0.2) is 30.3 Å². The molecule has 0 saturated heterocycles. The molecule has 1 atom stereocenters. The number of fused-ring (bicyclic) bond motifs is 3. The number of aliphatic carboxylic acids is 1. The van der Waals surface area contributed by atoms with Gasteiger partial charge in [0.25, 0.3) is 0 Å². The zero-order valence-corrected chi connectivity index (χ0v) is 17.3. The molecule has 0 radical (unpaired) electrons. The van der Waals surface area contributed by atoms with Gasteiger partial charge >= 0.3 is 18.2 Å². The molecule has 33 heavy (non-hydrogen) atoms. The first-order valence-corrected chi connectivity index (χ1v) is 10.2. The van der Waals surface area contributed by atoms with Crippen molar-refractivity contribution in [2.75, 3.05) is 13.2 Å². The minimum Gasteiger partial charge on any atom is -0.481 e. The molecule has 0 bridgehead atoms. The molecule has 2 N–H and O–H groups in total. The molecule has 3 aromatic carbocycles. The first-order chi connectivity index (χ1) is 15.8. The maximum Gasteiger partial charge on any atom is 0.416 e. The third-order valence-electron chi connectivity index (χ3n) is 5.73. The van der Waals surface area contributed by atoms with Crippen LogP contribution in [0.5, 0.6) is 0 Å². The van der Waals surface area contributed by atoms with E-state index in [1.807, 2.05) is 48.5 Å². The molecule has 1 amide bonds. The number of rotatable bonds is 6. The van der Waals surface area contributed by atoms with Crippen LogP contribution in [0.4, 0.5) is 18.0 Å². The molecule has 0 fully saturated rings. The second-order valence-electron chi connectivity index (χ2n) is 7.72. The van der Waals surface area contributed by atoms with E-state index in [-0.39, 0.29) is 24.6 Å². The van der Waals surface area contributed by atoms with Crippen LogP contribution in [0.1, 0.15) is 34.1 Å². The number of carbonyl (C=O) groups excluding carboxylic acids is 1. The first kappa shape index (κ1) is 22.4. The van der Waals surface area contributed by atoms with E-state index < -0.39 is 29.7 Å². The van der Waals surface area contributed by atoms with Gasteiger partial charge in [-0.15, -0.1) is 0 Å². The van der Waals surface area contributed by atoms with Crippen molar-refractivity contribution in [3.8, 4) is 11.1 Å². The van der Waals surface area contributed by atoms with Crippen LogP contribution in [0.25, 0.3) is 11.1 Å². The van der Waals surface area contributed by atoms with Gasteiger partial charge < -0.3 is 15.2 Å². The van der Waals surface area contributed by atoms with E-state index in [0.29, 0.717) is 0 Å². The summed E-state index contributed by atoms with van der Waals surface area (Å²) in [4.78, 5) is 23.9. The minimum atomic E-state index is -4.52. The average Bonchev–Trinajstić information content (AvgIpc) is 3.11. The minimum absolute atomic E-state index is 0.0673. The average molecular weight is 455 g/mol. The van der Waals surface area contributed by atoms with Gasteiger partial charge in [-0.1, -0.05) is 60.7 Å². The molecule has 1 aliphatic carbocycles. The molecule has 5 nitrogen and oxygen atoms in total. The van der Waals surface area contributed by atoms with Crippen molar-refractivity contribution >= 4 is 12.1 Å².